The first-order valence-electron chi connectivity index (χ1n) is 7.72. The number of likely N-dealkylation sites (N-methyl/N-ethyl adjacent to an activating group) is 1. The molecule has 1 aromatic carbocycles. The Kier molecular flexibility index (Phi) is 4.53. The van der Waals surface area contributed by atoms with Crippen LogP contribution in [-0.4, -0.2) is 41.4 Å². The van der Waals surface area contributed by atoms with E-state index in [2.05, 4.69) is 4.98 Å². The highest BCUT2D eigenvalue weighted by Gasteiger charge is 2.29. The van der Waals surface area contributed by atoms with E-state index in [1.807, 2.05) is 0 Å². The second-order valence-corrected chi connectivity index (χ2v) is 5.63. The van der Waals surface area contributed by atoms with Crippen molar-refractivity contribution >= 4 is 23.2 Å². The molecule has 0 fully saturated rings. The number of amides is 1. The molecule has 1 aliphatic heterocycles. The number of carbonyl (C=O) groups is 2. The van der Waals surface area contributed by atoms with Crippen molar-refractivity contribution in [1.29, 1.82) is 0 Å². The van der Waals surface area contributed by atoms with E-state index in [1.54, 1.807) is 26.1 Å². The monoisotopic (exact) mass is 357 g/mol. The number of hydrogen-bond donors (Lipinski definition) is 0. The molecule has 3 rings (SSSR count). The number of nitrogens with zero attached hydrogens (tertiary/aromatic N) is 3. The zero-order valence-electron chi connectivity index (χ0n) is 14.0. The average molecular weight is 357 g/mol. The Balaban J connectivity index is 1.78. The number of rotatable bonds is 5. The molecule has 1 aromatic heterocycles. The molecule has 0 aliphatic carbocycles. The van der Waals surface area contributed by atoms with E-state index in [4.69, 9.17) is 9.47 Å². The Morgan fingerprint density at radius 3 is 2.92 bits per heavy atom. The maximum absolute atomic E-state index is 12.4. The summed E-state index contributed by atoms with van der Waals surface area (Å²) in [4.78, 5) is 39.7. The van der Waals surface area contributed by atoms with Crippen LogP contribution in [0.15, 0.2) is 36.5 Å². The van der Waals surface area contributed by atoms with E-state index in [0.717, 1.165) is 0 Å². The fraction of sp³-hybridized carbons (Fsp3) is 0.235. The topological polar surface area (TPSA) is 112 Å². The lowest BCUT2D eigenvalue weighted by atomic mass is 10.1. The Bertz CT molecular complexity index is 898. The molecule has 26 heavy (non-hydrogen) atoms. The molecule has 1 unspecified atom stereocenters. The lowest BCUT2D eigenvalue weighted by molar-refractivity contribution is -0.390. The number of ether oxygens (including phenoxy) is 2. The standard InChI is InChI=1S/C17H15N3O6/c1-10-17(22)19(2)12-8-11(5-6-14(12)26-10)13(21)9-25-15-4-3-7-18-16(15)20(23)24/h3-8,10H,9H2,1-2H3. The van der Waals surface area contributed by atoms with Crippen LogP contribution in [0.4, 0.5) is 11.5 Å². The molecule has 0 N–H and O–H groups in total. The minimum Gasteiger partial charge on any atom is -0.479 e. The Morgan fingerprint density at radius 1 is 1.42 bits per heavy atom. The Hall–Kier alpha value is -3.49. The molecule has 9 nitrogen and oxygen atoms in total. The summed E-state index contributed by atoms with van der Waals surface area (Å²) in [5, 5.41) is 10.9. The summed E-state index contributed by atoms with van der Waals surface area (Å²) in [6, 6.07) is 7.53. The molecule has 1 amide bonds. The van der Waals surface area contributed by atoms with Gasteiger partial charge in [-0.05, 0) is 47.2 Å². The molecule has 9 heteroatoms. The van der Waals surface area contributed by atoms with Crippen molar-refractivity contribution in [2.45, 2.75) is 13.0 Å². The summed E-state index contributed by atoms with van der Waals surface area (Å²) in [7, 11) is 1.60. The van der Waals surface area contributed by atoms with Crippen LogP contribution in [0.2, 0.25) is 0 Å². The van der Waals surface area contributed by atoms with Crippen LogP contribution in [-0.2, 0) is 4.79 Å². The first-order chi connectivity index (χ1) is 12.4. The molecule has 0 bridgehead atoms. The van der Waals surface area contributed by atoms with Gasteiger partial charge in [-0.25, -0.2) is 0 Å². The van der Waals surface area contributed by atoms with Gasteiger partial charge in [-0.1, -0.05) is 0 Å². The van der Waals surface area contributed by atoms with Gasteiger partial charge in [0.05, 0.1) is 5.69 Å². The van der Waals surface area contributed by atoms with Gasteiger partial charge in [-0.2, -0.15) is 0 Å². The zero-order valence-corrected chi connectivity index (χ0v) is 14.0. The number of nitro groups is 1. The number of anilines is 1. The summed E-state index contributed by atoms with van der Waals surface area (Å²) >= 11 is 0. The number of fused-ring (bicyclic) bond motifs is 1. The Morgan fingerprint density at radius 2 is 2.19 bits per heavy atom. The fourth-order valence-electron chi connectivity index (χ4n) is 2.54. The van der Waals surface area contributed by atoms with E-state index in [0.29, 0.717) is 17.0 Å². The highest BCUT2D eigenvalue weighted by atomic mass is 16.6. The van der Waals surface area contributed by atoms with Gasteiger partial charge < -0.3 is 24.5 Å². The predicted molar refractivity (Wildman–Crippen MR) is 90.7 cm³/mol. The van der Waals surface area contributed by atoms with E-state index in [9.17, 15) is 19.7 Å². The normalized spacial score (nSPS) is 15.8. The molecule has 1 aliphatic rings. The summed E-state index contributed by atoms with van der Waals surface area (Å²) < 4.78 is 10.8. The van der Waals surface area contributed by atoms with Crippen molar-refractivity contribution in [2.75, 3.05) is 18.6 Å². The molecule has 2 aromatic rings. The summed E-state index contributed by atoms with van der Waals surface area (Å²) in [6.45, 7) is 1.25. The van der Waals surface area contributed by atoms with Gasteiger partial charge in [-0.3, -0.25) is 9.59 Å². The maximum Gasteiger partial charge on any atom is 0.406 e. The lowest BCUT2D eigenvalue weighted by Crippen LogP contribution is -2.42. The number of aromatic nitrogens is 1. The summed E-state index contributed by atoms with van der Waals surface area (Å²) in [5.74, 6) is -0.665. The second kappa shape index (κ2) is 6.79. The summed E-state index contributed by atoms with van der Waals surface area (Å²) in [6.07, 6.45) is 0.674. The van der Waals surface area contributed by atoms with Crippen LogP contribution < -0.4 is 14.4 Å². The Labute approximate surface area is 148 Å². The molecule has 134 valence electrons. The van der Waals surface area contributed by atoms with Crippen molar-refractivity contribution in [3.05, 3.63) is 52.2 Å². The molecule has 0 radical (unpaired) electrons. The van der Waals surface area contributed by atoms with Crippen molar-refractivity contribution in [1.82, 2.24) is 4.98 Å². The van der Waals surface area contributed by atoms with Crippen molar-refractivity contribution in [3.8, 4) is 11.5 Å². The van der Waals surface area contributed by atoms with E-state index < -0.39 is 29.2 Å². The molecule has 0 saturated heterocycles. The number of pyridine rings is 1. The van der Waals surface area contributed by atoms with Crippen LogP contribution in [0, 0.1) is 10.1 Å². The number of hydrogen-bond acceptors (Lipinski definition) is 7. The van der Waals surface area contributed by atoms with Crippen LogP contribution in [0.3, 0.4) is 0 Å². The number of benzene rings is 1. The lowest BCUT2D eigenvalue weighted by Gasteiger charge is -2.30. The van der Waals surface area contributed by atoms with Gasteiger partial charge in [0.1, 0.15) is 11.9 Å². The number of ketones is 1. The number of Topliss-reactive ketones (excluding diaryl/α,β-unsaturated/α-hetero) is 1. The molecular weight excluding hydrogens is 342 g/mol. The highest BCUT2D eigenvalue weighted by Crippen LogP contribution is 2.34. The molecule has 1 atom stereocenters. The zero-order chi connectivity index (χ0) is 18.8. The second-order valence-electron chi connectivity index (χ2n) is 5.63. The fourth-order valence-corrected chi connectivity index (χ4v) is 2.54. The third kappa shape index (κ3) is 3.18. The van der Waals surface area contributed by atoms with Crippen LogP contribution >= 0.6 is 0 Å². The first-order valence-corrected chi connectivity index (χ1v) is 7.72. The maximum atomic E-state index is 12.4. The third-order valence-corrected chi connectivity index (χ3v) is 3.91. The SMILES string of the molecule is CC1Oc2ccc(C(=O)COc3cccnc3[N+](=O)[O-])cc2N(C)C1=O. The van der Waals surface area contributed by atoms with Crippen LogP contribution in [0.25, 0.3) is 0 Å². The van der Waals surface area contributed by atoms with Gasteiger partial charge >= 0.3 is 5.82 Å². The molecule has 2 heterocycles. The quantitative estimate of drug-likeness (QED) is 0.457. The minimum atomic E-state index is -0.683. The summed E-state index contributed by atoms with van der Waals surface area (Å²) in [5.41, 5.74) is 0.777. The first kappa shape index (κ1) is 17.3. The minimum absolute atomic E-state index is 0.0896. The number of carbonyl (C=O) groups excluding carboxylic acids is 2. The van der Waals surface area contributed by atoms with Gasteiger partial charge in [-0.15, -0.1) is 0 Å². The highest BCUT2D eigenvalue weighted by molar-refractivity contribution is 6.03. The van der Waals surface area contributed by atoms with E-state index >= 15 is 0 Å². The largest absolute Gasteiger partial charge is 0.479 e. The van der Waals surface area contributed by atoms with Crippen molar-refractivity contribution in [3.63, 3.8) is 0 Å². The van der Waals surface area contributed by atoms with Gasteiger partial charge in [0.25, 0.3) is 5.91 Å². The molecular formula is C17H15N3O6. The van der Waals surface area contributed by atoms with Gasteiger partial charge in [0.15, 0.2) is 18.5 Å². The van der Waals surface area contributed by atoms with Gasteiger partial charge in [0.2, 0.25) is 5.75 Å². The van der Waals surface area contributed by atoms with Gasteiger partial charge in [0, 0.05) is 12.6 Å². The van der Waals surface area contributed by atoms with Crippen LogP contribution in [0.1, 0.15) is 17.3 Å². The average Bonchev–Trinajstić information content (AvgIpc) is 2.64. The third-order valence-electron chi connectivity index (χ3n) is 3.91. The smallest absolute Gasteiger partial charge is 0.406 e. The van der Waals surface area contributed by atoms with Crippen molar-refractivity contribution in [2.24, 2.45) is 0 Å². The van der Waals surface area contributed by atoms with Crippen LogP contribution in [0.5, 0.6) is 11.5 Å². The predicted octanol–water partition coefficient (Wildman–Crippen LogP) is 2.00. The van der Waals surface area contributed by atoms with E-state index in [-0.39, 0.29) is 11.7 Å². The molecule has 0 saturated carbocycles. The van der Waals surface area contributed by atoms with Crippen molar-refractivity contribution < 1.29 is 24.0 Å². The molecule has 0 spiro atoms. The van der Waals surface area contributed by atoms with E-state index in [1.165, 1.54) is 29.3 Å².